The molecule has 0 spiro atoms. The van der Waals surface area contributed by atoms with Gasteiger partial charge in [0.15, 0.2) is 5.65 Å². The average Bonchev–Trinajstić information content (AvgIpc) is 2.76. The minimum Gasteiger partial charge on any atom is -0.329 e. The van der Waals surface area contributed by atoms with Crippen molar-refractivity contribution in [2.24, 2.45) is 5.73 Å². The zero-order valence-electron chi connectivity index (χ0n) is 10.8. The van der Waals surface area contributed by atoms with Crippen LogP contribution in [0, 0.1) is 6.92 Å². The lowest BCUT2D eigenvalue weighted by Gasteiger charge is -2.18. The smallest absolute Gasteiger partial charge is 0.260 e. The summed E-state index contributed by atoms with van der Waals surface area (Å²) in [7, 11) is 0. The monoisotopic (exact) mass is 261 g/mol. The molecule has 100 valence electrons. The third-order valence-corrected chi connectivity index (χ3v) is 2.81. The highest BCUT2D eigenvalue weighted by molar-refractivity contribution is 6.04. The lowest BCUT2D eigenvalue weighted by atomic mass is 10.2. The first-order valence-electron chi connectivity index (χ1n) is 5.88. The number of amides is 2. The summed E-state index contributed by atoms with van der Waals surface area (Å²) in [4.78, 5) is 24.8. The van der Waals surface area contributed by atoms with Crippen LogP contribution in [0.4, 0.5) is 0 Å². The number of fused-ring (bicyclic) bond motifs is 1. The minimum atomic E-state index is -0.374. The van der Waals surface area contributed by atoms with E-state index in [2.05, 4.69) is 10.2 Å². The molecular formula is C12H15N5O2. The molecule has 2 N–H and O–H groups in total. The predicted octanol–water partition coefficient (Wildman–Crippen LogP) is -0.0149. The second kappa shape index (κ2) is 5.15. The van der Waals surface area contributed by atoms with Gasteiger partial charge in [-0.05, 0) is 19.1 Å². The SMILES string of the molecule is CC(=O)N(CCN)C(=O)c1ccn2c(C)nnc2c1. The third kappa shape index (κ3) is 2.45. The van der Waals surface area contributed by atoms with E-state index < -0.39 is 0 Å². The van der Waals surface area contributed by atoms with Gasteiger partial charge in [-0.15, -0.1) is 10.2 Å². The summed E-state index contributed by atoms with van der Waals surface area (Å²) in [6, 6.07) is 3.24. The van der Waals surface area contributed by atoms with Crippen molar-refractivity contribution >= 4 is 17.5 Å². The molecule has 0 unspecified atom stereocenters. The summed E-state index contributed by atoms with van der Waals surface area (Å²) in [6.45, 7) is 3.59. The van der Waals surface area contributed by atoms with Gasteiger partial charge in [-0.1, -0.05) is 0 Å². The molecule has 2 heterocycles. The number of hydrogen-bond acceptors (Lipinski definition) is 5. The Kier molecular flexibility index (Phi) is 3.57. The molecule has 0 fully saturated rings. The summed E-state index contributed by atoms with van der Waals surface area (Å²) < 4.78 is 1.76. The Labute approximate surface area is 110 Å². The van der Waals surface area contributed by atoms with Gasteiger partial charge in [-0.2, -0.15) is 0 Å². The van der Waals surface area contributed by atoms with Crippen molar-refractivity contribution in [2.75, 3.05) is 13.1 Å². The lowest BCUT2D eigenvalue weighted by Crippen LogP contribution is -2.38. The van der Waals surface area contributed by atoms with Crippen LogP contribution < -0.4 is 5.73 Å². The number of carbonyl (C=O) groups is 2. The van der Waals surface area contributed by atoms with Gasteiger partial charge in [0.1, 0.15) is 5.82 Å². The van der Waals surface area contributed by atoms with Gasteiger partial charge in [-0.3, -0.25) is 18.9 Å². The first-order chi connectivity index (χ1) is 9.04. The maximum Gasteiger partial charge on any atom is 0.260 e. The first-order valence-corrected chi connectivity index (χ1v) is 5.88. The van der Waals surface area contributed by atoms with Crippen molar-refractivity contribution in [1.29, 1.82) is 0 Å². The van der Waals surface area contributed by atoms with E-state index >= 15 is 0 Å². The van der Waals surface area contributed by atoms with Crippen LogP contribution in [0.3, 0.4) is 0 Å². The Morgan fingerprint density at radius 3 is 2.79 bits per heavy atom. The number of pyridine rings is 1. The second-order valence-electron chi connectivity index (χ2n) is 4.16. The number of aryl methyl sites for hydroxylation is 1. The van der Waals surface area contributed by atoms with Gasteiger partial charge in [-0.25, -0.2) is 0 Å². The molecule has 0 bridgehead atoms. The summed E-state index contributed by atoms with van der Waals surface area (Å²) in [5, 5.41) is 7.86. The van der Waals surface area contributed by atoms with E-state index in [0.29, 0.717) is 11.2 Å². The number of rotatable bonds is 3. The van der Waals surface area contributed by atoms with Crippen molar-refractivity contribution in [1.82, 2.24) is 19.5 Å². The van der Waals surface area contributed by atoms with Gasteiger partial charge < -0.3 is 5.73 Å². The second-order valence-corrected chi connectivity index (χ2v) is 4.16. The number of imide groups is 1. The van der Waals surface area contributed by atoms with Crippen molar-refractivity contribution in [3.05, 3.63) is 29.7 Å². The van der Waals surface area contributed by atoms with E-state index in [9.17, 15) is 9.59 Å². The zero-order valence-corrected chi connectivity index (χ0v) is 10.8. The Balaban J connectivity index is 2.37. The van der Waals surface area contributed by atoms with Crippen molar-refractivity contribution in [3.63, 3.8) is 0 Å². The molecule has 0 saturated carbocycles. The van der Waals surface area contributed by atoms with Gasteiger partial charge >= 0.3 is 0 Å². The zero-order chi connectivity index (χ0) is 14.0. The van der Waals surface area contributed by atoms with E-state index in [1.54, 1.807) is 22.7 Å². The topological polar surface area (TPSA) is 93.6 Å². The molecule has 2 aromatic rings. The number of nitrogens with two attached hydrogens (primary N) is 1. The van der Waals surface area contributed by atoms with Crippen LogP contribution in [-0.4, -0.2) is 44.4 Å². The van der Waals surface area contributed by atoms with Gasteiger partial charge in [0, 0.05) is 31.8 Å². The molecule has 0 aliphatic heterocycles. The molecule has 0 saturated heterocycles. The number of aromatic nitrogens is 3. The Morgan fingerprint density at radius 1 is 1.42 bits per heavy atom. The van der Waals surface area contributed by atoms with Gasteiger partial charge in [0.05, 0.1) is 0 Å². The minimum absolute atomic E-state index is 0.199. The molecule has 7 nitrogen and oxygen atoms in total. The molecule has 0 aromatic carbocycles. The van der Waals surface area contributed by atoms with Crippen molar-refractivity contribution < 1.29 is 9.59 Å². The standard InChI is InChI=1S/C12H15N5O2/c1-8-14-15-11-7-10(3-5-16(8)11)12(19)17(6-4-13)9(2)18/h3,5,7H,4,6,13H2,1-2H3. The first kappa shape index (κ1) is 13.2. The summed E-state index contributed by atoms with van der Waals surface area (Å²) in [6.07, 6.45) is 1.71. The highest BCUT2D eigenvalue weighted by Gasteiger charge is 2.19. The Hall–Kier alpha value is -2.28. The van der Waals surface area contributed by atoms with Crippen LogP contribution in [0.5, 0.6) is 0 Å². The number of carbonyl (C=O) groups excluding carboxylic acids is 2. The van der Waals surface area contributed by atoms with E-state index in [0.717, 1.165) is 10.7 Å². The fourth-order valence-electron chi connectivity index (χ4n) is 1.83. The molecule has 2 aromatic heterocycles. The highest BCUT2D eigenvalue weighted by atomic mass is 16.2. The van der Waals surface area contributed by atoms with E-state index in [1.165, 1.54) is 6.92 Å². The maximum atomic E-state index is 12.2. The fraction of sp³-hybridized carbons (Fsp3) is 0.333. The summed E-state index contributed by atoms with van der Waals surface area (Å²) >= 11 is 0. The summed E-state index contributed by atoms with van der Waals surface area (Å²) in [5.41, 5.74) is 6.37. The molecule has 0 aliphatic carbocycles. The quantitative estimate of drug-likeness (QED) is 0.838. The van der Waals surface area contributed by atoms with Crippen LogP contribution in [0.2, 0.25) is 0 Å². The Morgan fingerprint density at radius 2 is 2.16 bits per heavy atom. The molecule has 0 aliphatic rings. The van der Waals surface area contributed by atoms with Crippen LogP contribution in [0.1, 0.15) is 23.1 Å². The molecule has 0 radical (unpaired) electrons. The van der Waals surface area contributed by atoms with Gasteiger partial charge in [0.2, 0.25) is 5.91 Å². The number of hydrogen-bond donors (Lipinski definition) is 1. The Bertz CT molecular complexity index is 634. The van der Waals surface area contributed by atoms with Crippen LogP contribution in [0.15, 0.2) is 18.3 Å². The van der Waals surface area contributed by atoms with Crippen LogP contribution in [-0.2, 0) is 4.79 Å². The largest absolute Gasteiger partial charge is 0.329 e. The molecule has 0 atom stereocenters. The van der Waals surface area contributed by atoms with Crippen LogP contribution >= 0.6 is 0 Å². The lowest BCUT2D eigenvalue weighted by molar-refractivity contribution is -0.126. The highest BCUT2D eigenvalue weighted by Crippen LogP contribution is 2.10. The van der Waals surface area contributed by atoms with Crippen molar-refractivity contribution in [2.45, 2.75) is 13.8 Å². The molecule has 2 rings (SSSR count). The van der Waals surface area contributed by atoms with E-state index in [-0.39, 0.29) is 24.9 Å². The molecule has 7 heteroatoms. The van der Waals surface area contributed by atoms with Crippen molar-refractivity contribution in [3.8, 4) is 0 Å². The third-order valence-electron chi connectivity index (χ3n) is 2.81. The average molecular weight is 261 g/mol. The summed E-state index contributed by atoms with van der Waals surface area (Å²) in [5.74, 6) is 0.0356. The fourth-order valence-corrected chi connectivity index (χ4v) is 1.83. The normalized spacial score (nSPS) is 10.7. The maximum absolute atomic E-state index is 12.2. The van der Waals surface area contributed by atoms with E-state index in [4.69, 9.17) is 5.73 Å². The van der Waals surface area contributed by atoms with Crippen LogP contribution in [0.25, 0.3) is 5.65 Å². The molecular weight excluding hydrogens is 246 g/mol. The molecule has 19 heavy (non-hydrogen) atoms. The van der Waals surface area contributed by atoms with Gasteiger partial charge in [0.25, 0.3) is 5.91 Å². The van der Waals surface area contributed by atoms with E-state index in [1.807, 2.05) is 6.92 Å². The molecule has 2 amide bonds. The predicted molar refractivity (Wildman–Crippen MR) is 68.5 cm³/mol. The number of nitrogens with zero attached hydrogens (tertiary/aromatic N) is 4.